The van der Waals surface area contributed by atoms with Crippen molar-refractivity contribution >= 4 is 29.2 Å². The first-order valence-corrected chi connectivity index (χ1v) is 16.2. The number of benzene rings is 2. The van der Waals surface area contributed by atoms with Crippen molar-refractivity contribution in [3.05, 3.63) is 72.4 Å². The SMILES string of the molecule is COC(=O)N(Cc1cccc(-c2ccc(N3CCN(c4ccccn4)CC3)c(NC(=O)C3CCCO3)c2)c1)C1CCC(N)CC1. The van der Waals surface area contributed by atoms with Gasteiger partial charge in [0.1, 0.15) is 11.9 Å². The predicted octanol–water partition coefficient (Wildman–Crippen LogP) is 5.03. The van der Waals surface area contributed by atoms with E-state index in [-0.39, 0.29) is 24.1 Å². The second-order valence-electron chi connectivity index (χ2n) is 12.3. The molecule has 6 rings (SSSR count). The first kappa shape index (κ1) is 30.9. The Morgan fingerprint density at radius 2 is 1.73 bits per heavy atom. The number of nitrogens with one attached hydrogen (secondary N) is 1. The zero-order valence-electron chi connectivity index (χ0n) is 26.1. The van der Waals surface area contributed by atoms with E-state index in [1.165, 1.54) is 7.11 Å². The topological polar surface area (TPSA) is 113 Å². The number of pyridine rings is 1. The van der Waals surface area contributed by atoms with Gasteiger partial charge in [-0.3, -0.25) is 4.79 Å². The maximum absolute atomic E-state index is 13.2. The molecule has 2 amide bonds. The van der Waals surface area contributed by atoms with Crippen molar-refractivity contribution < 1.29 is 19.1 Å². The normalized spacial score (nSPS) is 21.8. The number of anilines is 3. The van der Waals surface area contributed by atoms with E-state index >= 15 is 0 Å². The lowest BCUT2D eigenvalue weighted by Gasteiger charge is -2.37. The van der Waals surface area contributed by atoms with Gasteiger partial charge >= 0.3 is 6.09 Å². The van der Waals surface area contributed by atoms with Crippen molar-refractivity contribution in [2.24, 2.45) is 5.73 Å². The number of aromatic nitrogens is 1. The fraction of sp³-hybridized carbons (Fsp3) is 0.457. The fourth-order valence-corrected chi connectivity index (χ4v) is 6.73. The number of ether oxygens (including phenoxy) is 2. The van der Waals surface area contributed by atoms with Crippen LogP contribution in [0.1, 0.15) is 44.1 Å². The third-order valence-corrected chi connectivity index (χ3v) is 9.27. The number of piperazine rings is 1. The van der Waals surface area contributed by atoms with Crippen LogP contribution in [0.15, 0.2) is 66.9 Å². The van der Waals surface area contributed by atoms with Crippen LogP contribution in [0.4, 0.5) is 22.0 Å². The Morgan fingerprint density at radius 3 is 2.44 bits per heavy atom. The molecule has 3 heterocycles. The minimum Gasteiger partial charge on any atom is -0.453 e. The van der Waals surface area contributed by atoms with Crippen molar-refractivity contribution in [3.63, 3.8) is 0 Å². The van der Waals surface area contributed by atoms with Crippen LogP contribution in [0.2, 0.25) is 0 Å². The molecule has 3 aliphatic rings. The lowest BCUT2D eigenvalue weighted by molar-refractivity contribution is -0.124. The molecule has 1 aromatic heterocycles. The third-order valence-electron chi connectivity index (χ3n) is 9.27. The van der Waals surface area contributed by atoms with Crippen LogP contribution in [0, 0.1) is 0 Å². The Bertz CT molecular complexity index is 1450. The number of rotatable bonds is 8. The second-order valence-corrected chi connectivity index (χ2v) is 12.3. The number of hydrogen-bond acceptors (Lipinski definition) is 8. The monoisotopic (exact) mass is 612 g/mol. The highest BCUT2D eigenvalue weighted by atomic mass is 16.5. The van der Waals surface area contributed by atoms with E-state index in [4.69, 9.17) is 15.2 Å². The van der Waals surface area contributed by atoms with E-state index in [9.17, 15) is 9.59 Å². The summed E-state index contributed by atoms with van der Waals surface area (Å²) in [5.74, 6) is 0.879. The van der Waals surface area contributed by atoms with Crippen LogP contribution in [-0.2, 0) is 20.8 Å². The molecule has 1 unspecified atom stereocenters. The van der Waals surface area contributed by atoms with Gasteiger partial charge in [-0.05, 0) is 85.5 Å². The second kappa shape index (κ2) is 14.3. The molecule has 0 radical (unpaired) electrons. The van der Waals surface area contributed by atoms with Gasteiger partial charge in [-0.1, -0.05) is 30.3 Å². The van der Waals surface area contributed by atoms with Gasteiger partial charge in [-0.2, -0.15) is 0 Å². The lowest BCUT2D eigenvalue weighted by Crippen LogP contribution is -2.47. The molecule has 1 saturated carbocycles. The average molecular weight is 613 g/mol. The quantitative estimate of drug-likeness (QED) is 0.364. The Morgan fingerprint density at radius 1 is 0.956 bits per heavy atom. The Labute approximate surface area is 265 Å². The van der Waals surface area contributed by atoms with Gasteiger partial charge in [0.25, 0.3) is 5.91 Å². The summed E-state index contributed by atoms with van der Waals surface area (Å²) in [5.41, 5.74) is 10.9. The third kappa shape index (κ3) is 7.40. The van der Waals surface area contributed by atoms with E-state index in [0.29, 0.717) is 13.2 Å². The fourth-order valence-electron chi connectivity index (χ4n) is 6.73. The molecule has 3 N–H and O–H groups in total. The minimum atomic E-state index is -0.426. The van der Waals surface area contributed by atoms with Gasteiger partial charge in [0.05, 0.1) is 18.5 Å². The number of nitrogens with two attached hydrogens (primary N) is 1. The lowest BCUT2D eigenvalue weighted by atomic mass is 9.90. The molecule has 2 aliphatic heterocycles. The number of hydrogen-bond donors (Lipinski definition) is 2. The summed E-state index contributed by atoms with van der Waals surface area (Å²) in [6, 6.07) is 20.8. The first-order valence-electron chi connectivity index (χ1n) is 16.2. The van der Waals surface area contributed by atoms with Crippen molar-refractivity contribution in [2.75, 3.05) is 55.0 Å². The zero-order chi connectivity index (χ0) is 31.2. The summed E-state index contributed by atoms with van der Waals surface area (Å²) in [5, 5.41) is 3.21. The van der Waals surface area contributed by atoms with Gasteiger partial charge in [0, 0.05) is 57.6 Å². The Balaban J connectivity index is 1.23. The van der Waals surface area contributed by atoms with Crippen molar-refractivity contribution in [1.82, 2.24) is 9.88 Å². The van der Waals surface area contributed by atoms with Crippen LogP contribution in [-0.4, -0.2) is 80.0 Å². The highest BCUT2D eigenvalue weighted by molar-refractivity contribution is 5.98. The molecule has 3 aromatic rings. The van der Waals surface area contributed by atoms with E-state index < -0.39 is 6.10 Å². The van der Waals surface area contributed by atoms with Gasteiger partial charge in [0.15, 0.2) is 0 Å². The van der Waals surface area contributed by atoms with E-state index in [1.54, 1.807) is 0 Å². The van der Waals surface area contributed by atoms with Crippen molar-refractivity contribution in [3.8, 4) is 11.1 Å². The van der Waals surface area contributed by atoms with Crippen LogP contribution in [0.25, 0.3) is 11.1 Å². The molecular formula is C35H44N6O4. The summed E-state index contributed by atoms with van der Waals surface area (Å²) in [7, 11) is 1.44. The number of methoxy groups -OCH3 is 1. The molecule has 1 aliphatic carbocycles. The first-order chi connectivity index (χ1) is 22.0. The minimum absolute atomic E-state index is 0.104. The van der Waals surface area contributed by atoms with Gasteiger partial charge < -0.3 is 35.2 Å². The van der Waals surface area contributed by atoms with Crippen LogP contribution in [0.3, 0.4) is 0 Å². The molecule has 1 atom stereocenters. The molecule has 10 heteroatoms. The number of amides is 2. The molecule has 3 fully saturated rings. The zero-order valence-corrected chi connectivity index (χ0v) is 26.1. The predicted molar refractivity (Wildman–Crippen MR) is 176 cm³/mol. The van der Waals surface area contributed by atoms with Crippen molar-refractivity contribution in [2.45, 2.75) is 63.3 Å². The highest BCUT2D eigenvalue weighted by Gasteiger charge is 2.29. The van der Waals surface area contributed by atoms with Crippen LogP contribution >= 0.6 is 0 Å². The molecular weight excluding hydrogens is 568 g/mol. The molecule has 238 valence electrons. The van der Waals surface area contributed by atoms with Gasteiger partial charge in [-0.25, -0.2) is 9.78 Å². The van der Waals surface area contributed by atoms with Gasteiger partial charge in [0.2, 0.25) is 0 Å². The molecule has 0 spiro atoms. The summed E-state index contributed by atoms with van der Waals surface area (Å²) in [6.07, 6.45) is 6.28. The maximum atomic E-state index is 13.2. The highest BCUT2D eigenvalue weighted by Crippen LogP contribution is 2.34. The van der Waals surface area contributed by atoms with E-state index in [2.05, 4.69) is 50.4 Å². The van der Waals surface area contributed by atoms with Crippen LogP contribution < -0.4 is 20.9 Å². The Kier molecular flexibility index (Phi) is 9.81. The number of carbonyl (C=O) groups is 2. The maximum Gasteiger partial charge on any atom is 0.410 e. The molecule has 0 bridgehead atoms. The summed E-state index contributed by atoms with van der Waals surface area (Å²) in [6.45, 7) is 4.37. The van der Waals surface area contributed by atoms with Crippen molar-refractivity contribution in [1.29, 1.82) is 0 Å². The molecule has 10 nitrogen and oxygen atoms in total. The molecule has 2 saturated heterocycles. The number of nitrogens with zero attached hydrogens (tertiary/aromatic N) is 4. The number of carbonyl (C=O) groups excluding carboxylic acids is 2. The molecule has 45 heavy (non-hydrogen) atoms. The Hall–Kier alpha value is -4.15. The molecule has 2 aromatic carbocycles. The van der Waals surface area contributed by atoms with E-state index in [0.717, 1.165) is 98.6 Å². The largest absolute Gasteiger partial charge is 0.453 e. The van der Waals surface area contributed by atoms with Crippen LogP contribution in [0.5, 0.6) is 0 Å². The van der Waals surface area contributed by atoms with E-state index in [1.807, 2.05) is 41.4 Å². The standard InChI is InChI=1S/C35H44N6O4/c1-44-35(43)41(29-13-11-28(36)12-14-29)24-25-6-4-7-26(22-25)27-10-15-31(30(23-27)38-34(42)32-8-5-21-45-32)39-17-19-40(20-18-39)33-9-2-3-16-37-33/h2-4,6-7,9-10,15-16,22-23,28-29,32H,5,8,11-14,17-21,24,36H2,1H3,(H,38,42). The summed E-state index contributed by atoms with van der Waals surface area (Å²) < 4.78 is 10.9. The van der Waals surface area contributed by atoms with Gasteiger partial charge in [-0.15, -0.1) is 0 Å². The summed E-state index contributed by atoms with van der Waals surface area (Å²) in [4.78, 5) is 37.0. The summed E-state index contributed by atoms with van der Waals surface area (Å²) >= 11 is 0. The smallest absolute Gasteiger partial charge is 0.410 e. The average Bonchev–Trinajstić information content (AvgIpc) is 3.64.